The third-order valence-electron chi connectivity index (χ3n) is 3.33. The monoisotopic (exact) mass is 273 g/mol. The molecule has 1 aliphatic heterocycles. The number of methoxy groups -OCH3 is 1. The highest BCUT2D eigenvalue weighted by Crippen LogP contribution is 2.29. The molecule has 6 heteroatoms. The van der Waals surface area contributed by atoms with Crippen LogP contribution in [0.2, 0.25) is 0 Å². The molecule has 0 aromatic carbocycles. The van der Waals surface area contributed by atoms with Crippen LogP contribution in [0.3, 0.4) is 0 Å². The summed E-state index contributed by atoms with van der Waals surface area (Å²) in [5.74, 6) is -1.05. The Kier molecular flexibility index (Phi) is 4.45. The topological polar surface area (TPSA) is 76.1 Å². The van der Waals surface area contributed by atoms with Crippen molar-refractivity contribution in [2.24, 2.45) is 0 Å². The predicted octanol–water partition coefficient (Wildman–Crippen LogP) is 1.88. The molecule has 1 saturated heterocycles. The zero-order valence-corrected chi connectivity index (χ0v) is 12.2. The van der Waals surface area contributed by atoms with E-state index in [1.54, 1.807) is 20.8 Å². The summed E-state index contributed by atoms with van der Waals surface area (Å²) >= 11 is 0. The molecule has 0 saturated carbocycles. The van der Waals surface area contributed by atoms with Gasteiger partial charge < -0.3 is 19.5 Å². The highest BCUT2D eigenvalue weighted by Gasteiger charge is 2.47. The molecule has 0 aromatic heterocycles. The third kappa shape index (κ3) is 3.59. The van der Waals surface area contributed by atoms with E-state index in [1.165, 1.54) is 12.0 Å². The van der Waals surface area contributed by atoms with E-state index in [9.17, 15) is 14.7 Å². The van der Waals surface area contributed by atoms with Gasteiger partial charge in [-0.05, 0) is 40.5 Å². The minimum atomic E-state index is -1.33. The molecular weight excluding hydrogens is 250 g/mol. The number of nitrogens with zero attached hydrogens (tertiary/aromatic N) is 1. The van der Waals surface area contributed by atoms with Crippen molar-refractivity contribution in [2.45, 2.75) is 57.8 Å². The van der Waals surface area contributed by atoms with Gasteiger partial charge in [-0.15, -0.1) is 0 Å². The normalized spacial score (nSPS) is 28.1. The van der Waals surface area contributed by atoms with Crippen LogP contribution in [0.5, 0.6) is 0 Å². The fraction of sp³-hybridized carbons (Fsp3) is 0.846. The Hall–Kier alpha value is -1.30. The molecule has 1 amide bonds. The van der Waals surface area contributed by atoms with Crippen molar-refractivity contribution in [1.82, 2.24) is 4.90 Å². The number of carboxylic acids is 1. The third-order valence-corrected chi connectivity index (χ3v) is 3.33. The number of rotatable bonds is 2. The zero-order valence-electron chi connectivity index (χ0n) is 12.2. The summed E-state index contributed by atoms with van der Waals surface area (Å²) in [5, 5.41) is 9.30. The molecule has 1 N–H and O–H groups in total. The number of piperidine rings is 1. The lowest BCUT2D eigenvalue weighted by Crippen LogP contribution is -2.59. The summed E-state index contributed by atoms with van der Waals surface area (Å²) in [6.45, 7) is 7.22. The Balaban J connectivity index is 2.87. The molecule has 1 rings (SSSR count). The van der Waals surface area contributed by atoms with Gasteiger partial charge in [0, 0.05) is 13.2 Å². The second-order valence-electron chi connectivity index (χ2n) is 6.00. The molecule has 0 radical (unpaired) electrons. The highest BCUT2D eigenvalue weighted by molar-refractivity contribution is 5.79. The number of aliphatic carboxylic acids is 1. The molecule has 0 aromatic rings. The number of hydrogen-bond acceptors (Lipinski definition) is 4. The van der Waals surface area contributed by atoms with Crippen molar-refractivity contribution in [3.8, 4) is 0 Å². The summed E-state index contributed by atoms with van der Waals surface area (Å²) < 4.78 is 10.5. The average Bonchev–Trinajstić information content (AvgIpc) is 2.27. The molecular formula is C13H23NO5. The molecule has 1 aliphatic rings. The van der Waals surface area contributed by atoms with Crippen LogP contribution in [0.4, 0.5) is 4.79 Å². The summed E-state index contributed by atoms with van der Waals surface area (Å²) in [5.41, 5.74) is -1.93. The van der Waals surface area contributed by atoms with Crippen molar-refractivity contribution in [2.75, 3.05) is 13.7 Å². The molecule has 2 unspecified atom stereocenters. The maximum atomic E-state index is 12.1. The van der Waals surface area contributed by atoms with E-state index in [0.717, 1.165) is 0 Å². The summed E-state index contributed by atoms with van der Waals surface area (Å²) in [4.78, 5) is 24.9. The first-order valence-corrected chi connectivity index (χ1v) is 6.39. The maximum Gasteiger partial charge on any atom is 0.410 e. The van der Waals surface area contributed by atoms with Crippen molar-refractivity contribution >= 4 is 12.1 Å². The van der Waals surface area contributed by atoms with E-state index in [4.69, 9.17) is 9.47 Å². The molecule has 2 atom stereocenters. The number of ether oxygens (including phenoxy) is 2. The number of amides is 1. The summed E-state index contributed by atoms with van der Waals surface area (Å²) in [6.07, 6.45) is 0.459. The first-order valence-electron chi connectivity index (χ1n) is 6.39. The fourth-order valence-corrected chi connectivity index (χ4v) is 2.10. The van der Waals surface area contributed by atoms with Gasteiger partial charge in [-0.1, -0.05) is 0 Å². The smallest absolute Gasteiger partial charge is 0.410 e. The maximum absolute atomic E-state index is 12.1. The van der Waals surface area contributed by atoms with Crippen LogP contribution in [0.1, 0.15) is 40.5 Å². The highest BCUT2D eigenvalue weighted by atomic mass is 16.6. The van der Waals surface area contributed by atoms with Gasteiger partial charge in [0.1, 0.15) is 5.60 Å². The number of likely N-dealkylation sites (tertiary alicyclic amines) is 1. The van der Waals surface area contributed by atoms with Crippen LogP contribution in [-0.4, -0.2) is 53.0 Å². The van der Waals surface area contributed by atoms with Gasteiger partial charge in [0.2, 0.25) is 0 Å². The molecule has 0 aliphatic carbocycles. The Morgan fingerprint density at radius 1 is 1.37 bits per heavy atom. The predicted molar refractivity (Wildman–Crippen MR) is 69.0 cm³/mol. The van der Waals surface area contributed by atoms with E-state index in [1.807, 2.05) is 6.92 Å². The Labute approximate surface area is 113 Å². The molecule has 0 spiro atoms. The van der Waals surface area contributed by atoms with Gasteiger partial charge in [-0.25, -0.2) is 9.59 Å². The average molecular weight is 273 g/mol. The van der Waals surface area contributed by atoms with Crippen LogP contribution in [0, 0.1) is 0 Å². The number of hydrogen-bond donors (Lipinski definition) is 1. The SMILES string of the molecule is COC1(C(=O)O)CCC(C)N(C(=O)OC(C)(C)C)C1. The molecule has 19 heavy (non-hydrogen) atoms. The van der Waals surface area contributed by atoms with Crippen molar-refractivity contribution in [1.29, 1.82) is 0 Å². The van der Waals surface area contributed by atoms with Crippen molar-refractivity contribution < 1.29 is 24.2 Å². The minimum Gasteiger partial charge on any atom is -0.479 e. The number of carbonyl (C=O) groups is 2. The van der Waals surface area contributed by atoms with Crippen molar-refractivity contribution in [3.05, 3.63) is 0 Å². The molecule has 110 valence electrons. The van der Waals surface area contributed by atoms with E-state index in [-0.39, 0.29) is 12.6 Å². The largest absolute Gasteiger partial charge is 0.479 e. The lowest BCUT2D eigenvalue weighted by molar-refractivity contribution is -0.170. The summed E-state index contributed by atoms with van der Waals surface area (Å²) in [6, 6.07) is -0.0579. The Morgan fingerprint density at radius 2 is 1.95 bits per heavy atom. The van der Waals surface area contributed by atoms with Gasteiger partial charge in [0.15, 0.2) is 5.60 Å². The molecule has 0 bridgehead atoms. The van der Waals surface area contributed by atoms with Crippen LogP contribution in [0.25, 0.3) is 0 Å². The number of carboxylic acid groups (broad SMARTS) is 1. The lowest BCUT2D eigenvalue weighted by atomic mass is 9.89. The van der Waals surface area contributed by atoms with Crippen LogP contribution < -0.4 is 0 Å². The van der Waals surface area contributed by atoms with Gasteiger partial charge in [-0.3, -0.25) is 0 Å². The fourth-order valence-electron chi connectivity index (χ4n) is 2.10. The van der Waals surface area contributed by atoms with E-state index in [0.29, 0.717) is 12.8 Å². The molecule has 1 heterocycles. The van der Waals surface area contributed by atoms with Gasteiger partial charge >= 0.3 is 12.1 Å². The van der Waals surface area contributed by atoms with E-state index >= 15 is 0 Å². The van der Waals surface area contributed by atoms with Crippen LogP contribution in [-0.2, 0) is 14.3 Å². The van der Waals surface area contributed by atoms with Crippen molar-refractivity contribution in [3.63, 3.8) is 0 Å². The zero-order chi connectivity index (χ0) is 14.8. The lowest BCUT2D eigenvalue weighted by Gasteiger charge is -2.42. The standard InChI is InChI=1S/C13H23NO5/c1-9-6-7-13(18-5,10(15)16)8-14(9)11(17)19-12(2,3)4/h9H,6-8H2,1-5H3,(H,15,16). The van der Waals surface area contributed by atoms with E-state index in [2.05, 4.69) is 0 Å². The minimum absolute atomic E-state index is 0.00884. The second-order valence-corrected chi connectivity index (χ2v) is 6.00. The first-order chi connectivity index (χ1) is 8.61. The first kappa shape index (κ1) is 15.8. The number of carbonyl (C=O) groups excluding carboxylic acids is 1. The Bertz CT molecular complexity index is 363. The summed E-state index contributed by atoms with van der Waals surface area (Å²) in [7, 11) is 1.36. The Morgan fingerprint density at radius 3 is 2.37 bits per heavy atom. The molecule has 1 fully saturated rings. The molecule has 6 nitrogen and oxygen atoms in total. The van der Waals surface area contributed by atoms with Gasteiger partial charge in [0.05, 0.1) is 6.54 Å². The van der Waals surface area contributed by atoms with Gasteiger partial charge in [0.25, 0.3) is 0 Å². The second kappa shape index (κ2) is 5.36. The van der Waals surface area contributed by atoms with E-state index < -0.39 is 23.3 Å². The quantitative estimate of drug-likeness (QED) is 0.831. The van der Waals surface area contributed by atoms with Gasteiger partial charge in [-0.2, -0.15) is 0 Å². The van der Waals surface area contributed by atoms with Crippen LogP contribution in [0.15, 0.2) is 0 Å². The van der Waals surface area contributed by atoms with Crippen LogP contribution >= 0.6 is 0 Å².